The van der Waals surface area contributed by atoms with Crippen molar-refractivity contribution in [3.8, 4) is 0 Å². The van der Waals surface area contributed by atoms with Crippen molar-refractivity contribution in [2.75, 3.05) is 0 Å². The third-order valence-electron chi connectivity index (χ3n) is 9.26. The molecule has 1 aromatic carbocycles. The van der Waals surface area contributed by atoms with Crippen LogP contribution in [0, 0.1) is 29.6 Å². The fourth-order valence-corrected chi connectivity index (χ4v) is 8.79. The minimum atomic E-state index is 0.108. The Hall–Kier alpha value is -1.34. The average Bonchev–Trinajstić information content (AvgIpc) is 3.11. The van der Waals surface area contributed by atoms with Gasteiger partial charge >= 0.3 is 0 Å². The molecular weight excluding hydrogens is 428 g/mol. The van der Waals surface area contributed by atoms with E-state index in [-0.39, 0.29) is 5.41 Å². The Bertz CT molecular complexity index is 932. The second kappa shape index (κ2) is 7.66. The van der Waals surface area contributed by atoms with E-state index in [2.05, 4.69) is 76.6 Å². The van der Waals surface area contributed by atoms with Crippen LogP contribution < -0.4 is 0 Å². The lowest BCUT2D eigenvalue weighted by molar-refractivity contribution is 0.0375. The van der Waals surface area contributed by atoms with Crippen molar-refractivity contribution in [2.24, 2.45) is 29.6 Å². The van der Waals surface area contributed by atoms with Gasteiger partial charge in [-0.05, 0) is 79.8 Å². The third-order valence-corrected chi connectivity index (χ3v) is 9.81. The molecule has 5 aliphatic rings. The van der Waals surface area contributed by atoms with E-state index in [1.807, 2.05) is 0 Å². The lowest BCUT2D eigenvalue weighted by Crippen LogP contribution is -2.43. The number of halogens is 1. The number of rotatable bonds is 2. The van der Waals surface area contributed by atoms with E-state index in [1.165, 1.54) is 62.3 Å². The molecule has 0 radical (unpaired) electrons. The topological polar surface area (TPSA) is 0 Å². The Labute approximate surface area is 190 Å². The van der Waals surface area contributed by atoms with Gasteiger partial charge in [0.25, 0.3) is 0 Å². The van der Waals surface area contributed by atoms with Crippen LogP contribution in [0.1, 0.15) is 63.4 Å². The molecule has 0 aromatic heterocycles. The van der Waals surface area contributed by atoms with Crippen molar-refractivity contribution in [2.45, 2.75) is 63.2 Å². The predicted molar refractivity (Wildman–Crippen MR) is 129 cm³/mol. The molecule has 6 unspecified atom stereocenters. The summed E-state index contributed by atoms with van der Waals surface area (Å²) in [7, 11) is 0. The summed E-state index contributed by atoms with van der Waals surface area (Å²) < 4.78 is 1.31. The molecule has 0 N–H and O–H groups in total. The van der Waals surface area contributed by atoms with Gasteiger partial charge in [-0.25, -0.2) is 0 Å². The summed E-state index contributed by atoms with van der Waals surface area (Å²) in [6.45, 7) is 0. The van der Waals surface area contributed by atoms with Gasteiger partial charge in [-0.1, -0.05) is 101 Å². The maximum atomic E-state index is 3.89. The normalized spacial score (nSPS) is 39.9. The van der Waals surface area contributed by atoms with Gasteiger partial charge in [0.2, 0.25) is 0 Å². The smallest absolute Gasteiger partial charge is 0.0411 e. The summed E-state index contributed by atoms with van der Waals surface area (Å²) >= 11 is 3.89. The Kier molecular flexibility index (Phi) is 4.94. The van der Waals surface area contributed by atoms with Crippen LogP contribution in [-0.2, 0) is 5.41 Å². The van der Waals surface area contributed by atoms with Crippen molar-refractivity contribution in [1.82, 2.24) is 0 Å². The fourth-order valence-electron chi connectivity index (χ4n) is 8.36. The Morgan fingerprint density at radius 1 is 0.967 bits per heavy atom. The van der Waals surface area contributed by atoms with Crippen LogP contribution in [0.4, 0.5) is 0 Å². The quantitative estimate of drug-likeness (QED) is 0.416. The first-order chi connectivity index (χ1) is 14.8. The first kappa shape index (κ1) is 19.4. The monoisotopic (exact) mass is 460 g/mol. The largest absolute Gasteiger partial charge is 0.0842 e. The molecule has 1 heteroatoms. The zero-order valence-electron chi connectivity index (χ0n) is 17.9. The average molecular weight is 461 g/mol. The van der Waals surface area contributed by atoms with Crippen LogP contribution in [-0.4, -0.2) is 0 Å². The third kappa shape index (κ3) is 2.77. The van der Waals surface area contributed by atoms with Gasteiger partial charge < -0.3 is 0 Å². The zero-order chi connectivity index (χ0) is 20.1. The highest BCUT2D eigenvalue weighted by Crippen LogP contribution is 2.68. The van der Waals surface area contributed by atoms with E-state index in [0.717, 1.165) is 29.6 Å². The zero-order valence-corrected chi connectivity index (χ0v) is 19.5. The SMILES string of the molecule is BrC1=CCC2C(=C1)C(C1=CC=CCC1)(c1ccccc1)C1CCC3CCCCC3C21. The maximum absolute atomic E-state index is 3.89. The van der Waals surface area contributed by atoms with Gasteiger partial charge in [0, 0.05) is 9.90 Å². The molecule has 156 valence electrons. The van der Waals surface area contributed by atoms with Crippen LogP contribution in [0.3, 0.4) is 0 Å². The van der Waals surface area contributed by atoms with Crippen LogP contribution in [0.2, 0.25) is 0 Å². The van der Waals surface area contributed by atoms with E-state index in [1.54, 1.807) is 16.7 Å². The first-order valence-electron chi connectivity index (χ1n) is 12.3. The number of allylic oxidation sites excluding steroid dienone is 8. The van der Waals surface area contributed by atoms with E-state index in [0.29, 0.717) is 0 Å². The molecule has 0 bridgehead atoms. The Morgan fingerprint density at radius 3 is 2.67 bits per heavy atom. The van der Waals surface area contributed by atoms with Crippen LogP contribution in [0.25, 0.3) is 0 Å². The van der Waals surface area contributed by atoms with Gasteiger partial charge in [-0.3, -0.25) is 0 Å². The number of hydrogen-bond donors (Lipinski definition) is 0. The van der Waals surface area contributed by atoms with Gasteiger partial charge in [0.05, 0.1) is 0 Å². The molecule has 1 aromatic rings. The van der Waals surface area contributed by atoms with Gasteiger partial charge in [0.1, 0.15) is 0 Å². The summed E-state index contributed by atoms with van der Waals surface area (Å²) in [5.74, 6) is 4.29. The molecule has 0 saturated heterocycles. The number of hydrogen-bond acceptors (Lipinski definition) is 0. The van der Waals surface area contributed by atoms with E-state index in [4.69, 9.17) is 0 Å². The lowest BCUT2D eigenvalue weighted by Gasteiger charge is -2.49. The molecule has 6 rings (SSSR count). The summed E-state index contributed by atoms with van der Waals surface area (Å²) in [6, 6.07) is 11.6. The molecule has 0 heterocycles. The van der Waals surface area contributed by atoms with E-state index < -0.39 is 0 Å². The van der Waals surface area contributed by atoms with Crippen molar-refractivity contribution in [3.05, 3.63) is 81.9 Å². The molecule has 6 atom stereocenters. The molecule has 3 saturated carbocycles. The predicted octanol–water partition coefficient (Wildman–Crippen LogP) is 8.27. The van der Waals surface area contributed by atoms with Crippen molar-refractivity contribution in [3.63, 3.8) is 0 Å². The minimum Gasteiger partial charge on any atom is -0.0842 e. The molecule has 30 heavy (non-hydrogen) atoms. The number of benzene rings is 1. The molecular formula is C29H33Br. The van der Waals surface area contributed by atoms with Crippen LogP contribution in [0.15, 0.2) is 76.3 Å². The van der Waals surface area contributed by atoms with Gasteiger partial charge in [-0.15, -0.1) is 0 Å². The highest BCUT2D eigenvalue weighted by Gasteiger charge is 2.62. The first-order valence-corrected chi connectivity index (χ1v) is 13.1. The van der Waals surface area contributed by atoms with Gasteiger partial charge in [-0.2, -0.15) is 0 Å². The van der Waals surface area contributed by atoms with Crippen LogP contribution in [0.5, 0.6) is 0 Å². The highest BCUT2D eigenvalue weighted by molar-refractivity contribution is 9.11. The number of fused-ring (bicyclic) bond motifs is 5. The van der Waals surface area contributed by atoms with Gasteiger partial charge in [0.15, 0.2) is 0 Å². The second-order valence-corrected chi connectivity index (χ2v) is 11.2. The standard InChI is InChI=1S/C29H33Br/c30-23-16-17-25-27(19-23)29(21-10-3-1-4-11-21,22-12-5-2-6-13-22)26-18-15-20-9-7-8-14-24(20)28(25)26/h1-5,10-12,16,19-20,24-26,28H,6-9,13-15,17-18H2. The molecule has 0 aliphatic heterocycles. The van der Waals surface area contributed by atoms with Crippen molar-refractivity contribution >= 4 is 15.9 Å². The summed E-state index contributed by atoms with van der Waals surface area (Å²) in [6.07, 6.45) is 24.6. The minimum absolute atomic E-state index is 0.108. The maximum Gasteiger partial charge on any atom is 0.0411 e. The van der Waals surface area contributed by atoms with E-state index in [9.17, 15) is 0 Å². The molecule has 0 nitrogen and oxygen atoms in total. The Balaban J connectivity index is 1.59. The molecule has 3 fully saturated rings. The van der Waals surface area contributed by atoms with Crippen molar-refractivity contribution < 1.29 is 0 Å². The molecule has 0 spiro atoms. The molecule has 5 aliphatic carbocycles. The summed E-state index contributed by atoms with van der Waals surface area (Å²) in [4.78, 5) is 0. The van der Waals surface area contributed by atoms with Crippen molar-refractivity contribution in [1.29, 1.82) is 0 Å². The lowest BCUT2D eigenvalue weighted by atomic mass is 9.55. The van der Waals surface area contributed by atoms with E-state index >= 15 is 0 Å². The fraction of sp³-hybridized carbons (Fsp3) is 0.517. The summed E-state index contributed by atoms with van der Waals surface area (Å²) in [5.41, 5.74) is 5.10. The highest BCUT2D eigenvalue weighted by atomic mass is 79.9. The van der Waals surface area contributed by atoms with Crippen LogP contribution >= 0.6 is 15.9 Å². The summed E-state index contributed by atoms with van der Waals surface area (Å²) in [5, 5.41) is 0. The molecule has 0 amide bonds. The second-order valence-electron chi connectivity index (χ2n) is 10.3. The Morgan fingerprint density at radius 2 is 1.83 bits per heavy atom.